The minimum atomic E-state index is -1.36. The molecule has 1 aromatic heterocycles. The second kappa shape index (κ2) is 26.4. The van der Waals surface area contributed by atoms with Gasteiger partial charge in [0, 0.05) is 56.4 Å². The Morgan fingerprint density at radius 3 is 2.01 bits per heavy atom. The normalized spacial score (nSPS) is 21.8. The molecule has 2 heterocycles. The molecule has 4 rings (SSSR count). The van der Waals surface area contributed by atoms with Gasteiger partial charge in [0.2, 0.25) is 53.2 Å². The molecule has 6 atom stereocenters. The number of guanidine groups is 1. The van der Waals surface area contributed by atoms with Gasteiger partial charge in [-0.05, 0) is 62.3 Å². The third-order valence-corrected chi connectivity index (χ3v) is 10.8. The number of fused-ring (bicyclic) bond motifs is 1. The number of rotatable bonds is 14. The first-order valence-corrected chi connectivity index (χ1v) is 22.0. The van der Waals surface area contributed by atoms with E-state index >= 15 is 0 Å². The van der Waals surface area contributed by atoms with Crippen LogP contribution in [0, 0.1) is 5.41 Å². The highest BCUT2D eigenvalue weighted by molar-refractivity contribution is 5.98. The summed E-state index contributed by atoms with van der Waals surface area (Å²) in [6.07, 6.45) is 1.15. The molecule has 1 aliphatic heterocycles. The van der Waals surface area contributed by atoms with Gasteiger partial charge >= 0.3 is 0 Å². The molecular formula is C44H62N14O9. The average molecular weight is 931 g/mol. The number of hydrogen-bond donors (Lipinski definition) is 14. The molecule has 362 valence electrons. The van der Waals surface area contributed by atoms with Gasteiger partial charge in [-0.25, -0.2) is 0 Å². The van der Waals surface area contributed by atoms with E-state index in [9.17, 15) is 43.2 Å². The van der Waals surface area contributed by atoms with E-state index in [1.807, 2.05) is 18.2 Å². The fourth-order valence-electron chi connectivity index (χ4n) is 7.29. The molecule has 0 spiro atoms. The zero-order valence-electron chi connectivity index (χ0n) is 37.3. The van der Waals surface area contributed by atoms with Crippen LogP contribution in [0.25, 0.3) is 10.9 Å². The second-order valence-corrected chi connectivity index (χ2v) is 16.1. The highest BCUT2D eigenvalue weighted by atomic mass is 16.2. The van der Waals surface area contributed by atoms with Gasteiger partial charge in [0.15, 0.2) is 5.96 Å². The van der Waals surface area contributed by atoms with Gasteiger partial charge in [-0.2, -0.15) is 0 Å². The van der Waals surface area contributed by atoms with Crippen molar-refractivity contribution in [1.29, 1.82) is 5.41 Å². The lowest BCUT2D eigenvalue weighted by Crippen LogP contribution is -2.60. The van der Waals surface area contributed by atoms with Crippen LogP contribution >= 0.6 is 0 Å². The maximum Gasteiger partial charge on any atom is 0.243 e. The number of benzene rings is 2. The van der Waals surface area contributed by atoms with Crippen LogP contribution in [0.3, 0.4) is 0 Å². The number of nitrogens with two attached hydrogens (primary N) is 3. The molecule has 67 heavy (non-hydrogen) atoms. The molecule has 0 aliphatic carbocycles. The Balaban J connectivity index is 1.74. The van der Waals surface area contributed by atoms with Crippen molar-refractivity contribution in [3.63, 3.8) is 0 Å². The van der Waals surface area contributed by atoms with Crippen LogP contribution in [0.15, 0.2) is 60.8 Å². The maximum atomic E-state index is 14.4. The number of hydrogen-bond acceptors (Lipinski definition) is 11. The Labute approximate surface area is 386 Å². The summed E-state index contributed by atoms with van der Waals surface area (Å²) in [4.78, 5) is 124. The van der Waals surface area contributed by atoms with E-state index < -0.39 is 96.0 Å². The number of H-pyrrole nitrogens is 1. The molecule has 3 aromatic rings. The minimum Gasteiger partial charge on any atom is -0.370 e. The first kappa shape index (κ1) is 52.1. The van der Waals surface area contributed by atoms with E-state index in [-0.39, 0.29) is 83.4 Å². The predicted octanol–water partition coefficient (Wildman–Crippen LogP) is -3.21. The predicted molar refractivity (Wildman–Crippen MR) is 246 cm³/mol. The number of para-hydroxylation sites is 1. The molecule has 9 amide bonds. The lowest BCUT2D eigenvalue weighted by atomic mass is 10.0. The Morgan fingerprint density at radius 1 is 0.731 bits per heavy atom. The van der Waals surface area contributed by atoms with E-state index in [0.717, 1.165) is 10.9 Å². The van der Waals surface area contributed by atoms with Crippen LogP contribution in [0.2, 0.25) is 0 Å². The second-order valence-electron chi connectivity index (χ2n) is 16.1. The number of aromatic amines is 1. The topological polar surface area (TPSA) is 380 Å². The lowest BCUT2D eigenvalue weighted by molar-refractivity contribution is -0.135. The largest absolute Gasteiger partial charge is 0.370 e. The standard InChI is InChI=1S/C44H62N14O9/c1-25(59)51-24-37(61)53-31-13-7-19-49-36(60)16-15-30(38(46)62)54-43(67)35(22-27-23-52-29-12-6-5-11-28(27)29)58-40(64)32(14-8-20-50-44(47)48)55-42(66)34(21-26-9-3-2-4-10-26)57-41(65)33(17-18-45)56-39(31)63/h2-6,9-12,23,30-35,52H,7-8,13-22,24,45H2,1H3,(H2,46,62)(H,49,60)(H,51,59)(H,53,61)(H,54,67)(H,55,66)(H,56,63)(H,57,65)(H,58,64)(H4,47,48,50)/t30?,31?,32-,33-,34?,35-/m0/s1. The smallest absolute Gasteiger partial charge is 0.243 e. The Kier molecular flexibility index (Phi) is 20.5. The molecule has 0 bridgehead atoms. The van der Waals surface area contributed by atoms with E-state index in [0.29, 0.717) is 11.1 Å². The van der Waals surface area contributed by atoms with Crippen molar-refractivity contribution in [2.24, 2.45) is 17.2 Å². The molecule has 0 radical (unpaired) electrons. The zero-order chi connectivity index (χ0) is 48.9. The molecule has 3 unspecified atom stereocenters. The first-order chi connectivity index (χ1) is 32.0. The van der Waals surface area contributed by atoms with E-state index in [4.69, 9.17) is 22.6 Å². The van der Waals surface area contributed by atoms with Crippen LogP contribution in [0.4, 0.5) is 0 Å². The summed E-state index contributed by atoms with van der Waals surface area (Å²) in [5.41, 5.74) is 19.1. The zero-order valence-corrected chi connectivity index (χ0v) is 37.3. The van der Waals surface area contributed by atoms with Gasteiger partial charge in [0.1, 0.15) is 36.3 Å². The molecule has 17 N–H and O–H groups in total. The van der Waals surface area contributed by atoms with Crippen LogP contribution in [-0.2, 0) is 56.0 Å². The van der Waals surface area contributed by atoms with Gasteiger partial charge in [0.05, 0.1) is 6.54 Å². The van der Waals surface area contributed by atoms with Crippen LogP contribution in [0.1, 0.15) is 63.0 Å². The number of nitrogens with one attached hydrogen (secondary N) is 11. The average Bonchev–Trinajstić information content (AvgIpc) is 3.70. The summed E-state index contributed by atoms with van der Waals surface area (Å²) in [6.45, 7) is 0.806. The molecular weight excluding hydrogens is 869 g/mol. The summed E-state index contributed by atoms with van der Waals surface area (Å²) in [7, 11) is 0. The summed E-state index contributed by atoms with van der Waals surface area (Å²) in [6, 6.07) is 7.95. The molecule has 23 heteroatoms. The quantitative estimate of drug-likeness (QED) is 0.0432. The van der Waals surface area contributed by atoms with Gasteiger partial charge in [0.25, 0.3) is 0 Å². The van der Waals surface area contributed by atoms with E-state index in [1.165, 1.54) is 6.92 Å². The highest BCUT2D eigenvalue weighted by Gasteiger charge is 2.34. The molecule has 2 aromatic carbocycles. The first-order valence-electron chi connectivity index (χ1n) is 22.0. The number of primary amides is 1. The Hall–Kier alpha value is -7.56. The van der Waals surface area contributed by atoms with Crippen molar-refractivity contribution in [2.45, 2.75) is 101 Å². The van der Waals surface area contributed by atoms with Crippen molar-refractivity contribution in [2.75, 3.05) is 26.2 Å². The fourth-order valence-corrected chi connectivity index (χ4v) is 7.29. The number of aromatic nitrogens is 1. The number of amides is 9. The SMILES string of the molecule is CC(=O)NCC(=O)NC1CCCNC(=O)CCC(C(N)=O)NC(=O)[C@H](Cc2c[nH]c3ccccc23)NC(=O)[C@H](CCCNC(=N)N)NC(=O)C(Cc2ccccc2)NC(=O)[C@H](CCN)NC1=O. The number of carbonyl (C=O) groups excluding carboxylic acids is 9. The molecule has 1 fully saturated rings. The van der Waals surface area contributed by atoms with Crippen LogP contribution in [-0.4, -0.2) is 127 Å². The van der Waals surface area contributed by atoms with Gasteiger partial charge in [-0.3, -0.25) is 48.6 Å². The third kappa shape index (κ3) is 17.4. The van der Waals surface area contributed by atoms with E-state index in [2.05, 4.69) is 52.8 Å². The minimum absolute atomic E-state index is 0.00543. The lowest BCUT2D eigenvalue weighted by Gasteiger charge is -2.28. The maximum absolute atomic E-state index is 14.4. The van der Waals surface area contributed by atoms with Crippen LogP contribution in [0.5, 0.6) is 0 Å². The molecule has 1 aliphatic rings. The van der Waals surface area contributed by atoms with Crippen molar-refractivity contribution in [3.8, 4) is 0 Å². The summed E-state index contributed by atoms with van der Waals surface area (Å²) < 4.78 is 0. The van der Waals surface area contributed by atoms with Crippen molar-refractivity contribution < 1.29 is 43.2 Å². The molecule has 23 nitrogen and oxygen atoms in total. The van der Waals surface area contributed by atoms with E-state index in [1.54, 1.807) is 42.6 Å². The van der Waals surface area contributed by atoms with Gasteiger partial charge in [-0.15, -0.1) is 0 Å². The van der Waals surface area contributed by atoms with Crippen molar-refractivity contribution in [3.05, 3.63) is 71.9 Å². The van der Waals surface area contributed by atoms with Gasteiger partial charge < -0.3 is 70.0 Å². The van der Waals surface area contributed by atoms with Crippen LogP contribution < -0.4 is 65.1 Å². The Bertz CT molecular complexity index is 2240. The summed E-state index contributed by atoms with van der Waals surface area (Å²) in [5, 5.41) is 31.9. The van der Waals surface area contributed by atoms with Gasteiger partial charge in [-0.1, -0.05) is 48.5 Å². The summed E-state index contributed by atoms with van der Waals surface area (Å²) >= 11 is 0. The highest BCUT2D eigenvalue weighted by Crippen LogP contribution is 2.20. The number of carbonyl (C=O) groups is 9. The monoisotopic (exact) mass is 930 g/mol. The fraction of sp³-hybridized carbons (Fsp3) is 0.455. The Morgan fingerprint density at radius 2 is 1.34 bits per heavy atom. The van der Waals surface area contributed by atoms with Crippen molar-refractivity contribution >= 4 is 70.0 Å². The summed E-state index contributed by atoms with van der Waals surface area (Å²) in [5.74, 6) is -7.04. The molecule has 0 saturated carbocycles. The third-order valence-electron chi connectivity index (χ3n) is 10.8. The molecule has 1 saturated heterocycles. The van der Waals surface area contributed by atoms with Crippen molar-refractivity contribution in [1.82, 2.24) is 52.8 Å².